The van der Waals surface area contributed by atoms with Crippen LogP contribution in [0.25, 0.3) is 0 Å². The molecule has 0 radical (unpaired) electrons. The van der Waals surface area contributed by atoms with Crippen LogP contribution >= 0.6 is 11.6 Å². The number of hydrogen-bond acceptors (Lipinski definition) is 3. The van der Waals surface area contributed by atoms with Crippen molar-refractivity contribution in [1.82, 2.24) is 10.2 Å². The molecule has 0 aromatic heterocycles. The number of hydrogen-bond donors (Lipinski definition) is 1. The number of ether oxygens (including phenoxy) is 1. The molecule has 1 amide bonds. The SMILES string of the molecule is COc1ccc(Cl)cc1CNCCCN1CCCC1=O. The first-order chi connectivity index (χ1) is 9.70. The van der Waals surface area contributed by atoms with Gasteiger partial charge in [-0.15, -0.1) is 0 Å². The van der Waals surface area contributed by atoms with E-state index in [1.54, 1.807) is 7.11 Å². The molecule has 4 nitrogen and oxygen atoms in total. The second kappa shape index (κ2) is 7.50. The van der Waals surface area contributed by atoms with Gasteiger partial charge in [0.05, 0.1) is 7.11 Å². The van der Waals surface area contributed by atoms with Crippen LogP contribution in [0, 0.1) is 0 Å². The molecule has 1 heterocycles. The highest BCUT2D eigenvalue weighted by atomic mass is 35.5. The van der Waals surface area contributed by atoms with Gasteiger partial charge in [0.25, 0.3) is 0 Å². The third kappa shape index (κ3) is 4.12. The van der Waals surface area contributed by atoms with Gasteiger partial charge < -0.3 is 15.0 Å². The molecule has 0 saturated carbocycles. The third-order valence-corrected chi connectivity index (χ3v) is 3.75. The number of methoxy groups -OCH3 is 1. The fourth-order valence-corrected chi connectivity index (χ4v) is 2.64. The molecular formula is C15H21ClN2O2. The first kappa shape index (κ1) is 15.1. The molecule has 1 N–H and O–H groups in total. The normalized spacial score (nSPS) is 14.9. The van der Waals surface area contributed by atoms with Gasteiger partial charge in [0.15, 0.2) is 0 Å². The number of carbonyl (C=O) groups excluding carboxylic acids is 1. The molecule has 1 aromatic rings. The molecule has 1 saturated heterocycles. The third-order valence-electron chi connectivity index (χ3n) is 3.51. The Morgan fingerprint density at radius 2 is 2.30 bits per heavy atom. The maximum atomic E-state index is 11.5. The summed E-state index contributed by atoms with van der Waals surface area (Å²) in [5.41, 5.74) is 1.05. The molecule has 5 heteroatoms. The minimum atomic E-state index is 0.293. The number of benzene rings is 1. The minimum absolute atomic E-state index is 0.293. The van der Waals surface area contributed by atoms with Crippen LogP contribution in [0.3, 0.4) is 0 Å². The number of amides is 1. The summed E-state index contributed by atoms with van der Waals surface area (Å²) in [7, 11) is 1.66. The molecule has 1 aliphatic rings. The van der Waals surface area contributed by atoms with Crippen molar-refractivity contribution in [2.45, 2.75) is 25.8 Å². The largest absolute Gasteiger partial charge is 0.496 e. The van der Waals surface area contributed by atoms with Crippen LogP contribution in [-0.4, -0.2) is 37.6 Å². The average Bonchev–Trinajstić information content (AvgIpc) is 2.84. The van der Waals surface area contributed by atoms with Crippen molar-refractivity contribution in [2.24, 2.45) is 0 Å². The zero-order valence-corrected chi connectivity index (χ0v) is 12.6. The van der Waals surface area contributed by atoms with Gasteiger partial charge in [0.2, 0.25) is 5.91 Å². The van der Waals surface area contributed by atoms with Gasteiger partial charge >= 0.3 is 0 Å². The summed E-state index contributed by atoms with van der Waals surface area (Å²) in [6.07, 6.45) is 2.69. The molecule has 20 heavy (non-hydrogen) atoms. The lowest BCUT2D eigenvalue weighted by atomic mass is 10.2. The fourth-order valence-electron chi connectivity index (χ4n) is 2.44. The summed E-state index contributed by atoms with van der Waals surface area (Å²) < 4.78 is 5.30. The standard InChI is InChI=1S/C15H21ClN2O2/c1-20-14-6-5-13(16)10-12(14)11-17-7-3-9-18-8-2-4-15(18)19/h5-6,10,17H,2-4,7-9,11H2,1H3. The molecule has 1 fully saturated rings. The Morgan fingerprint density at radius 3 is 3.00 bits per heavy atom. The van der Waals surface area contributed by atoms with E-state index in [-0.39, 0.29) is 0 Å². The first-order valence-corrected chi connectivity index (χ1v) is 7.39. The van der Waals surface area contributed by atoms with Crippen molar-refractivity contribution in [3.05, 3.63) is 28.8 Å². The van der Waals surface area contributed by atoms with E-state index in [2.05, 4.69) is 5.32 Å². The fraction of sp³-hybridized carbons (Fsp3) is 0.533. The Balaban J connectivity index is 1.70. The van der Waals surface area contributed by atoms with Gasteiger partial charge in [0.1, 0.15) is 5.75 Å². The number of nitrogens with one attached hydrogen (secondary N) is 1. The van der Waals surface area contributed by atoms with E-state index >= 15 is 0 Å². The van der Waals surface area contributed by atoms with E-state index in [0.717, 1.165) is 50.3 Å². The van der Waals surface area contributed by atoms with Gasteiger partial charge in [-0.25, -0.2) is 0 Å². The van der Waals surface area contributed by atoms with Gasteiger partial charge in [-0.3, -0.25) is 4.79 Å². The summed E-state index contributed by atoms with van der Waals surface area (Å²) in [6, 6.07) is 5.61. The Hall–Kier alpha value is -1.26. The second-order valence-electron chi connectivity index (χ2n) is 4.97. The number of nitrogens with zero attached hydrogens (tertiary/aromatic N) is 1. The molecule has 0 atom stereocenters. The molecule has 2 rings (SSSR count). The zero-order chi connectivity index (χ0) is 14.4. The highest BCUT2D eigenvalue weighted by molar-refractivity contribution is 6.30. The van der Waals surface area contributed by atoms with Gasteiger partial charge in [-0.1, -0.05) is 11.6 Å². The molecule has 1 aromatic carbocycles. The summed E-state index contributed by atoms with van der Waals surface area (Å²) in [5.74, 6) is 1.14. The van der Waals surface area contributed by atoms with E-state index in [1.807, 2.05) is 23.1 Å². The predicted molar refractivity (Wildman–Crippen MR) is 80.1 cm³/mol. The molecule has 0 unspecified atom stereocenters. The molecule has 0 bridgehead atoms. The van der Waals surface area contributed by atoms with Gasteiger partial charge in [0, 0.05) is 36.6 Å². The lowest BCUT2D eigenvalue weighted by Crippen LogP contribution is -2.28. The zero-order valence-electron chi connectivity index (χ0n) is 11.8. The van der Waals surface area contributed by atoms with Gasteiger partial charge in [-0.2, -0.15) is 0 Å². The van der Waals surface area contributed by atoms with Gasteiger partial charge in [-0.05, 0) is 37.6 Å². The van der Waals surface area contributed by atoms with Crippen molar-refractivity contribution >= 4 is 17.5 Å². The number of halogens is 1. The maximum absolute atomic E-state index is 11.5. The van der Waals surface area contributed by atoms with Crippen LogP contribution < -0.4 is 10.1 Å². The Morgan fingerprint density at radius 1 is 1.45 bits per heavy atom. The predicted octanol–water partition coefficient (Wildman–Crippen LogP) is 2.45. The Bertz CT molecular complexity index is 465. The van der Waals surface area contributed by atoms with Crippen LogP contribution in [0.1, 0.15) is 24.8 Å². The summed E-state index contributed by atoms with van der Waals surface area (Å²) >= 11 is 5.99. The highest BCUT2D eigenvalue weighted by Crippen LogP contribution is 2.22. The summed E-state index contributed by atoms with van der Waals surface area (Å²) in [5, 5.41) is 4.08. The van der Waals surface area contributed by atoms with Crippen LogP contribution in [-0.2, 0) is 11.3 Å². The number of likely N-dealkylation sites (tertiary alicyclic amines) is 1. The smallest absolute Gasteiger partial charge is 0.222 e. The van der Waals surface area contributed by atoms with E-state index in [0.29, 0.717) is 17.4 Å². The van der Waals surface area contributed by atoms with E-state index in [1.165, 1.54) is 0 Å². The van der Waals surface area contributed by atoms with Crippen molar-refractivity contribution in [3.8, 4) is 5.75 Å². The lowest BCUT2D eigenvalue weighted by molar-refractivity contribution is -0.127. The first-order valence-electron chi connectivity index (χ1n) is 7.01. The van der Waals surface area contributed by atoms with Crippen molar-refractivity contribution in [1.29, 1.82) is 0 Å². The lowest BCUT2D eigenvalue weighted by Gasteiger charge is -2.15. The molecular weight excluding hydrogens is 276 g/mol. The molecule has 0 aliphatic carbocycles. The second-order valence-corrected chi connectivity index (χ2v) is 5.41. The minimum Gasteiger partial charge on any atom is -0.496 e. The molecule has 1 aliphatic heterocycles. The van der Waals surface area contributed by atoms with Crippen LogP contribution in [0.4, 0.5) is 0 Å². The summed E-state index contributed by atoms with van der Waals surface area (Å²) in [4.78, 5) is 13.4. The number of rotatable bonds is 7. The van der Waals surface area contributed by atoms with Crippen LogP contribution in [0.15, 0.2) is 18.2 Å². The van der Waals surface area contributed by atoms with E-state index in [4.69, 9.17) is 16.3 Å². The highest BCUT2D eigenvalue weighted by Gasteiger charge is 2.18. The van der Waals surface area contributed by atoms with Crippen molar-refractivity contribution < 1.29 is 9.53 Å². The summed E-state index contributed by atoms with van der Waals surface area (Å²) in [6.45, 7) is 3.36. The monoisotopic (exact) mass is 296 g/mol. The Kier molecular flexibility index (Phi) is 5.68. The molecule has 110 valence electrons. The maximum Gasteiger partial charge on any atom is 0.222 e. The molecule has 0 spiro atoms. The van der Waals surface area contributed by atoms with E-state index in [9.17, 15) is 4.79 Å². The van der Waals surface area contributed by atoms with Crippen LogP contribution in [0.5, 0.6) is 5.75 Å². The van der Waals surface area contributed by atoms with Crippen molar-refractivity contribution in [2.75, 3.05) is 26.7 Å². The topological polar surface area (TPSA) is 41.6 Å². The van der Waals surface area contributed by atoms with E-state index < -0.39 is 0 Å². The van der Waals surface area contributed by atoms with Crippen LogP contribution in [0.2, 0.25) is 5.02 Å². The quantitative estimate of drug-likeness (QED) is 0.786. The average molecular weight is 297 g/mol. The number of carbonyl (C=O) groups is 1. The van der Waals surface area contributed by atoms with Crippen molar-refractivity contribution in [3.63, 3.8) is 0 Å². The Labute approximate surface area is 125 Å².